The average Bonchev–Trinajstić information content (AvgIpc) is 2.76. The van der Waals surface area contributed by atoms with Gasteiger partial charge in [-0.1, -0.05) is 6.92 Å². The van der Waals surface area contributed by atoms with Crippen molar-refractivity contribution in [3.8, 4) is 0 Å². The van der Waals surface area contributed by atoms with Crippen molar-refractivity contribution in [2.45, 2.75) is 32.6 Å². The maximum Gasteiger partial charge on any atom is 0.333 e. The molecule has 0 unspecified atom stereocenters. The summed E-state index contributed by atoms with van der Waals surface area (Å²) in [7, 11) is 0. The van der Waals surface area contributed by atoms with E-state index in [2.05, 4.69) is 4.84 Å². The fourth-order valence-corrected chi connectivity index (χ4v) is 1.64. The van der Waals surface area contributed by atoms with Gasteiger partial charge in [0.2, 0.25) is 0 Å². The quantitative estimate of drug-likeness (QED) is 0.370. The molecule has 0 spiro atoms. The number of carbonyl (C=O) groups excluding carboxylic acids is 5. The molecule has 0 aromatic carbocycles. The summed E-state index contributed by atoms with van der Waals surface area (Å²) in [6.45, 7) is 1.82. The van der Waals surface area contributed by atoms with Crippen LogP contribution in [0.4, 0.5) is 0 Å². The van der Waals surface area contributed by atoms with Gasteiger partial charge in [0, 0.05) is 31.5 Å². The molecule has 1 aliphatic rings. The number of amides is 4. The lowest BCUT2D eigenvalue weighted by Gasteiger charge is -2.15. The molecule has 8 heteroatoms. The van der Waals surface area contributed by atoms with Gasteiger partial charge in [-0.3, -0.25) is 24.1 Å². The third kappa shape index (κ3) is 4.83. The first-order valence-corrected chi connectivity index (χ1v) is 6.51. The average molecular weight is 296 g/mol. The van der Waals surface area contributed by atoms with Gasteiger partial charge in [0.1, 0.15) is 0 Å². The van der Waals surface area contributed by atoms with Gasteiger partial charge >= 0.3 is 5.97 Å². The third-order valence-electron chi connectivity index (χ3n) is 2.67. The number of hydroxylamine groups is 2. The Hall–Kier alpha value is -2.51. The molecule has 0 aromatic rings. The number of carbonyl (C=O) groups is 5. The minimum Gasteiger partial charge on any atom is -0.331 e. The first-order valence-electron chi connectivity index (χ1n) is 6.51. The first-order chi connectivity index (χ1) is 9.99. The number of rotatable bonds is 7. The van der Waals surface area contributed by atoms with Crippen LogP contribution in [0.25, 0.3) is 0 Å². The van der Waals surface area contributed by atoms with Crippen molar-refractivity contribution < 1.29 is 28.8 Å². The summed E-state index contributed by atoms with van der Waals surface area (Å²) in [4.78, 5) is 61.6. The van der Waals surface area contributed by atoms with Crippen molar-refractivity contribution in [3.63, 3.8) is 0 Å². The first kappa shape index (κ1) is 16.5. The van der Waals surface area contributed by atoms with Gasteiger partial charge in [-0.2, -0.15) is 0 Å². The zero-order chi connectivity index (χ0) is 15.8. The number of hydrogen-bond donors (Lipinski definition) is 0. The van der Waals surface area contributed by atoms with E-state index in [1.807, 2.05) is 0 Å². The summed E-state index contributed by atoms with van der Waals surface area (Å²) >= 11 is 0. The lowest BCUT2D eigenvalue weighted by molar-refractivity contribution is -0.196. The van der Waals surface area contributed by atoms with E-state index in [1.54, 1.807) is 6.92 Å². The zero-order valence-electron chi connectivity index (χ0n) is 11.6. The molecule has 1 aliphatic heterocycles. The van der Waals surface area contributed by atoms with E-state index in [0.29, 0.717) is 11.5 Å². The molecule has 114 valence electrons. The molecule has 0 radical (unpaired) electrons. The monoisotopic (exact) mass is 296 g/mol. The van der Waals surface area contributed by atoms with E-state index in [9.17, 15) is 24.0 Å². The van der Waals surface area contributed by atoms with Crippen LogP contribution in [0.5, 0.6) is 0 Å². The molecule has 0 aliphatic carbocycles. The Morgan fingerprint density at radius 1 is 1.24 bits per heavy atom. The van der Waals surface area contributed by atoms with Gasteiger partial charge < -0.3 is 4.84 Å². The fourth-order valence-electron chi connectivity index (χ4n) is 1.64. The normalized spacial score (nSPS) is 13.5. The van der Waals surface area contributed by atoms with Crippen LogP contribution in [0.1, 0.15) is 32.6 Å². The van der Waals surface area contributed by atoms with Crippen LogP contribution in [-0.4, -0.2) is 46.6 Å². The van der Waals surface area contributed by atoms with Crippen LogP contribution >= 0.6 is 0 Å². The van der Waals surface area contributed by atoms with Crippen LogP contribution in [0.15, 0.2) is 12.2 Å². The second kappa shape index (κ2) is 7.93. The van der Waals surface area contributed by atoms with Gasteiger partial charge in [0.25, 0.3) is 24.1 Å². The van der Waals surface area contributed by atoms with E-state index < -0.39 is 23.7 Å². The summed E-state index contributed by atoms with van der Waals surface area (Å²) in [5.74, 6) is -2.24. The summed E-state index contributed by atoms with van der Waals surface area (Å²) in [6, 6.07) is 0. The lowest BCUT2D eigenvalue weighted by atomic mass is 10.3. The van der Waals surface area contributed by atoms with Crippen molar-refractivity contribution >= 4 is 30.1 Å². The minimum absolute atomic E-state index is 0.0732. The standard InChI is InChI=1S/C13H16N2O6/c1-2-4-12(19)15(9-16)21-13(20)5-3-8-14-10(17)6-7-11(14)18/h6-7,9H,2-5,8H2,1H3. The fraction of sp³-hybridized carbons (Fsp3) is 0.462. The second-order valence-electron chi connectivity index (χ2n) is 4.30. The molecule has 0 aromatic heterocycles. The topological polar surface area (TPSA) is 101 Å². The second-order valence-corrected chi connectivity index (χ2v) is 4.30. The van der Waals surface area contributed by atoms with E-state index in [0.717, 1.165) is 17.1 Å². The predicted octanol–water partition coefficient (Wildman–Crippen LogP) is -0.0651. The van der Waals surface area contributed by atoms with Crippen LogP contribution in [0.2, 0.25) is 0 Å². The van der Waals surface area contributed by atoms with E-state index >= 15 is 0 Å². The smallest absolute Gasteiger partial charge is 0.331 e. The summed E-state index contributed by atoms with van der Waals surface area (Å²) in [5, 5.41) is 0.361. The van der Waals surface area contributed by atoms with E-state index in [4.69, 9.17) is 0 Å². The highest BCUT2D eigenvalue weighted by molar-refractivity contribution is 6.12. The highest BCUT2D eigenvalue weighted by Crippen LogP contribution is 2.06. The van der Waals surface area contributed by atoms with Gasteiger partial charge in [0.05, 0.1) is 0 Å². The van der Waals surface area contributed by atoms with Crippen molar-refractivity contribution in [1.82, 2.24) is 9.96 Å². The van der Waals surface area contributed by atoms with Crippen molar-refractivity contribution in [3.05, 3.63) is 12.2 Å². The van der Waals surface area contributed by atoms with Crippen molar-refractivity contribution in [2.75, 3.05) is 6.54 Å². The van der Waals surface area contributed by atoms with Gasteiger partial charge in [-0.05, 0) is 12.8 Å². The maximum atomic E-state index is 11.5. The highest BCUT2D eigenvalue weighted by Gasteiger charge is 2.23. The summed E-state index contributed by atoms with van der Waals surface area (Å²) in [5.41, 5.74) is 0. The molecular formula is C13H16N2O6. The van der Waals surface area contributed by atoms with Crippen LogP contribution < -0.4 is 0 Å². The SMILES string of the molecule is CCCC(=O)N(C=O)OC(=O)CCCN1C(=O)C=CC1=O. The third-order valence-corrected chi connectivity index (χ3v) is 2.67. The van der Waals surface area contributed by atoms with Gasteiger partial charge in [-0.25, -0.2) is 4.79 Å². The molecule has 8 nitrogen and oxygen atoms in total. The largest absolute Gasteiger partial charge is 0.333 e. The van der Waals surface area contributed by atoms with Crippen LogP contribution in [-0.2, 0) is 28.8 Å². The predicted molar refractivity (Wildman–Crippen MR) is 69.0 cm³/mol. The molecule has 0 N–H and O–H groups in total. The Bertz CT molecular complexity index is 467. The molecular weight excluding hydrogens is 280 g/mol. The number of nitrogens with zero attached hydrogens (tertiary/aromatic N) is 2. The number of hydrogen-bond acceptors (Lipinski definition) is 6. The Balaban J connectivity index is 2.33. The molecule has 0 saturated carbocycles. The molecule has 21 heavy (non-hydrogen) atoms. The lowest BCUT2D eigenvalue weighted by Crippen LogP contribution is -2.33. The zero-order valence-corrected chi connectivity index (χ0v) is 11.6. The summed E-state index contributed by atoms with van der Waals surface area (Å²) in [6.07, 6.45) is 3.11. The molecule has 0 bridgehead atoms. The minimum atomic E-state index is -0.779. The van der Waals surface area contributed by atoms with Gasteiger partial charge in [-0.15, -0.1) is 5.06 Å². The maximum absolute atomic E-state index is 11.5. The molecule has 0 saturated heterocycles. The van der Waals surface area contributed by atoms with Gasteiger partial charge in [0.15, 0.2) is 0 Å². The molecule has 1 heterocycles. The van der Waals surface area contributed by atoms with Crippen molar-refractivity contribution in [1.29, 1.82) is 0 Å². The van der Waals surface area contributed by atoms with Crippen LogP contribution in [0.3, 0.4) is 0 Å². The Labute approximate surface area is 121 Å². The molecule has 0 fully saturated rings. The highest BCUT2D eigenvalue weighted by atomic mass is 16.7. The van der Waals surface area contributed by atoms with Crippen LogP contribution in [0, 0.1) is 0 Å². The number of imide groups is 2. The summed E-state index contributed by atoms with van der Waals surface area (Å²) < 4.78 is 0. The molecule has 1 rings (SSSR count). The Morgan fingerprint density at radius 2 is 1.86 bits per heavy atom. The van der Waals surface area contributed by atoms with E-state index in [1.165, 1.54) is 0 Å². The molecule has 4 amide bonds. The van der Waals surface area contributed by atoms with Crippen molar-refractivity contribution in [2.24, 2.45) is 0 Å². The molecule has 0 atom stereocenters. The Kier molecular flexibility index (Phi) is 6.25. The van der Waals surface area contributed by atoms with E-state index in [-0.39, 0.29) is 32.2 Å². The Morgan fingerprint density at radius 3 is 2.38 bits per heavy atom.